The second-order valence-corrected chi connectivity index (χ2v) is 6.52. The molecule has 0 atom stereocenters. The van der Waals surface area contributed by atoms with Crippen molar-refractivity contribution in [2.75, 3.05) is 20.8 Å². The number of carbonyl (C=O) groups excluding carboxylic acids is 2. The van der Waals surface area contributed by atoms with Crippen LogP contribution in [0.15, 0.2) is 46.9 Å². The molecule has 3 rings (SSSR count). The lowest BCUT2D eigenvalue weighted by atomic mass is 10.2. The van der Waals surface area contributed by atoms with Gasteiger partial charge in [-0.05, 0) is 42.0 Å². The molecule has 28 heavy (non-hydrogen) atoms. The van der Waals surface area contributed by atoms with Gasteiger partial charge in [0.05, 0.1) is 7.11 Å². The Labute approximate surface area is 165 Å². The van der Waals surface area contributed by atoms with Crippen molar-refractivity contribution in [1.29, 1.82) is 0 Å². The standard InChI is InChI=1S/C20H17ClFNO5/c1-23(10-12-3-5-17(26-2)15(22)7-12)19(24)11-27-20(25)18-9-13-8-14(21)4-6-16(13)28-18/h3-9H,10-11H2,1-2H3. The molecule has 0 aliphatic heterocycles. The highest BCUT2D eigenvalue weighted by molar-refractivity contribution is 6.31. The van der Waals surface area contributed by atoms with Crippen LogP contribution < -0.4 is 4.74 Å². The van der Waals surface area contributed by atoms with E-state index in [4.69, 9.17) is 25.5 Å². The van der Waals surface area contributed by atoms with Crippen LogP contribution in [0.4, 0.5) is 4.39 Å². The van der Waals surface area contributed by atoms with Crippen molar-refractivity contribution in [2.24, 2.45) is 0 Å². The summed E-state index contributed by atoms with van der Waals surface area (Å²) in [7, 11) is 2.90. The molecule has 146 valence electrons. The summed E-state index contributed by atoms with van der Waals surface area (Å²) < 4.78 is 29.0. The molecule has 0 aliphatic carbocycles. The van der Waals surface area contributed by atoms with Gasteiger partial charge in [-0.2, -0.15) is 0 Å². The van der Waals surface area contributed by atoms with Crippen LogP contribution >= 0.6 is 11.6 Å². The topological polar surface area (TPSA) is 69.0 Å². The molecule has 1 amide bonds. The molecule has 0 fully saturated rings. The number of methoxy groups -OCH3 is 1. The Hall–Kier alpha value is -3.06. The molecule has 8 heteroatoms. The highest BCUT2D eigenvalue weighted by atomic mass is 35.5. The number of rotatable bonds is 6. The summed E-state index contributed by atoms with van der Waals surface area (Å²) in [6, 6.07) is 10.9. The third kappa shape index (κ3) is 4.43. The number of halogens is 2. The lowest BCUT2D eigenvalue weighted by Crippen LogP contribution is -2.30. The summed E-state index contributed by atoms with van der Waals surface area (Å²) in [6.07, 6.45) is 0. The van der Waals surface area contributed by atoms with Crippen LogP contribution in [0.1, 0.15) is 16.1 Å². The van der Waals surface area contributed by atoms with Gasteiger partial charge >= 0.3 is 5.97 Å². The van der Waals surface area contributed by atoms with E-state index in [1.165, 1.54) is 37.3 Å². The third-order valence-corrected chi connectivity index (χ3v) is 4.30. The first-order valence-electron chi connectivity index (χ1n) is 8.30. The molecule has 2 aromatic carbocycles. The third-order valence-electron chi connectivity index (χ3n) is 4.07. The van der Waals surface area contributed by atoms with Crippen LogP contribution in [0.25, 0.3) is 11.0 Å². The van der Waals surface area contributed by atoms with E-state index < -0.39 is 24.3 Å². The molecule has 0 saturated heterocycles. The summed E-state index contributed by atoms with van der Waals surface area (Å²) in [5.41, 5.74) is 1.07. The van der Waals surface area contributed by atoms with E-state index in [1.807, 2.05) is 0 Å². The monoisotopic (exact) mass is 405 g/mol. The molecule has 0 N–H and O–H groups in total. The number of benzene rings is 2. The molecule has 1 aromatic heterocycles. The fraction of sp³-hybridized carbons (Fsp3) is 0.200. The summed E-state index contributed by atoms with van der Waals surface area (Å²) in [4.78, 5) is 25.6. The van der Waals surface area contributed by atoms with E-state index in [-0.39, 0.29) is 18.1 Å². The Morgan fingerprint density at radius 1 is 1.18 bits per heavy atom. The van der Waals surface area contributed by atoms with Gasteiger partial charge in [0.15, 0.2) is 18.2 Å². The molecule has 0 spiro atoms. The van der Waals surface area contributed by atoms with Gasteiger partial charge in [-0.1, -0.05) is 17.7 Å². The van der Waals surface area contributed by atoms with Gasteiger partial charge in [0.2, 0.25) is 5.76 Å². The van der Waals surface area contributed by atoms with Gasteiger partial charge in [-0.25, -0.2) is 9.18 Å². The number of esters is 1. The number of amides is 1. The minimum absolute atomic E-state index is 0.0232. The quantitative estimate of drug-likeness (QED) is 0.579. The van der Waals surface area contributed by atoms with Gasteiger partial charge in [0.1, 0.15) is 5.58 Å². The maximum atomic E-state index is 13.7. The van der Waals surface area contributed by atoms with Gasteiger partial charge in [-0.3, -0.25) is 4.79 Å². The molecular weight excluding hydrogens is 389 g/mol. The van der Waals surface area contributed by atoms with Crippen LogP contribution in [-0.2, 0) is 16.1 Å². The van der Waals surface area contributed by atoms with Gasteiger partial charge in [0.25, 0.3) is 5.91 Å². The zero-order valence-corrected chi connectivity index (χ0v) is 16.0. The summed E-state index contributed by atoms with van der Waals surface area (Å²) in [5, 5.41) is 1.17. The Kier molecular flexibility index (Phi) is 5.84. The minimum atomic E-state index is -0.760. The number of likely N-dealkylation sites (N-methyl/N-ethyl adjacent to an activating group) is 1. The average Bonchev–Trinajstić information content (AvgIpc) is 3.09. The van der Waals surface area contributed by atoms with E-state index >= 15 is 0 Å². The SMILES string of the molecule is COc1ccc(CN(C)C(=O)COC(=O)c2cc3cc(Cl)ccc3o2)cc1F. The van der Waals surface area contributed by atoms with E-state index in [0.29, 0.717) is 21.6 Å². The molecule has 0 radical (unpaired) electrons. The van der Waals surface area contributed by atoms with Crippen LogP contribution in [-0.4, -0.2) is 37.5 Å². The predicted octanol–water partition coefficient (Wildman–Crippen LogP) is 4.05. The van der Waals surface area contributed by atoms with Crippen molar-refractivity contribution in [3.63, 3.8) is 0 Å². The maximum Gasteiger partial charge on any atom is 0.374 e. The Bertz CT molecular complexity index is 1030. The van der Waals surface area contributed by atoms with E-state index in [9.17, 15) is 14.0 Å². The first kappa shape index (κ1) is 19.7. The number of nitrogens with zero attached hydrogens (tertiary/aromatic N) is 1. The average molecular weight is 406 g/mol. The predicted molar refractivity (Wildman–Crippen MR) is 101 cm³/mol. The smallest absolute Gasteiger partial charge is 0.374 e. The van der Waals surface area contributed by atoms with Crippen molar-refractivity contribution < 1.29 is 27.9 Å². The summed E-state index contributed by atoms with van der Waals surface area (Å²) in [5.74, 6) is -1.62. The molecule has 0 aliphatic rings. The summed E-state index contributed by atoms with van der Waals surface area (Å²) >= 11 is 5.90. The molecule has 3 aromatic rings. The highest BCUT2D eigenvalue weighted by Crippen LogP contribution is 2.23. The number of hydrogen-bond donors (Lipinski definition) is 0. The van der Waals surface area contributed by atoms with Gasteiger partial charge < -0.3 is 18.8 Å². The molecule has 0 bridgehead atoms. The van der Waals surface area contributed by atoms with Crippen molar-refractivity contribution in [2.45, 2.75) is 6.54 Å². The molecular formula is C20H17ClFNO5. The van der Waals surface area contributed by atoms with Crippen molar-refractivity contribution in [1.82, 2.24) is 4.90 Å². The van der Waals surface area contributed by atoms with Crippen LogP contribution in [0.3, 0.4) is 0 Å². The molecule has 0 unspecified atom stereocenters. The van der Waals surface area contributed by atoms with Crippen molar-refractivity contribution in [3.8, 4) is 5.75 Å². The lowest BCUT2D eigenvalue weighted by Gasteiger charge is -2.17. The Balaban J connectivity index is 1.57. The number of hydrogen-bond acceptors (Lipinski definition) is 5. The zero-order chi connectivity index (χ0) is 20.3. The number of ether oxygens (including phenoxy) is 2. The van der Waals surface area contributed by atoms with Crippen molar-refractivity contribution in [3.05, 3.63) is 64.6 Å². The highest BCUT2D eigenvalue weighted by Gasteiger charge is 2.18. The second-order valence-electron chi connectivity index (χ2n) is 6.09. The van der Waals surface area contributed by atoms with Gasteiger partial charge in [-0.15, -0.1) is 0 Å². The fourth-order valence-electron chi connectivity index (χ4n) is 2.59. The normalized spacial score (nSPS) is 10.7. The van der Waals surface area contributed by atoms with E-state index in [1.54, 1.807) is 24.3 Å². The van der Waals surface area contributed by atoms with Crippen molar-refractivity contribution >= 4 is 34.4 Å². The summed E-state index contributed by atoms with van der Waals surface area (Å²) in [6.45, 7) is -0.313. The molecule has 0 saturated carbocycles. The minimum Gasteiger partial charge on any atom is -0.494 e. The first-order valence-corrected chi connectivity index (χ1v) is 8.68. The molecule has 1 heterocycles. The number of fused-ring (bicyclic) bond motifs is 1. The van der Waals surface area contributed by atoms with E-state index in [0.717, 1.165) is 0 Å². The Morgan fingerprint density at radius 3 is 2.68 bits per heavy atom. The number of carbonyl (C=O) groups is 2. The van der Waals surface area contributed by atoms with Gasteiger partial charge in [0, 0.05) is 24.0 Å². The lowest BCUT2D eigenvalue weighted by molar-refractivity contribution is -0.133. The van der Waals surface area contributed by atoms with Crippen LogP contribution in [0.2, 0.25) is 5.02 Å². The fourth-order valence-corrected chi connectivity index (χ4v) is 2.77. The van der Waals surface area contributed by atoms with E-state index in [2.05, 4.69) is 0 Å². The number of furan rings is 1. The first-order chi connectivity index (χ1) is 13.4. The zero-order valence-electron chi connectivity index (χ0n) is 15.2. The van der Waals surface area contributed by atoms with Crippen LogP contribution in [0.5, 0.6) is 5.75 Å². The molecule has 6 nitrogen and oxygen atoms in total. The Morgan fingerprint density at radius 2 is 1.96 bits per heavy atom. The largest absolute Gasteiger partial charge is 0.494 e. The second kappa shape index (κ2) is 8.31. The van der Waals surface area contributed by atoms with Crippen LogP contribution in [0, 0.1) is 5.82 Å². The maximum absolute atomic E-state index is 13.7.